The number of methoxy groups -OCH3 is 1. The summed E-state index contributed by atoms with van der Waals surface area (Å²) in [5.74, 6) is 1.83. The lowest BCUT2D eigenvalue weighted by molar-refractivity contribution is 0.185. The van der Waals surface area contributed by atoms with Crippen molar-refractivity contribution in [1.82, 2.24) is 9.55 Å². The molecule has 0 spiro atoms. The molecule has 23 heavy (non-hydrogen) atoms. The summed E-state index contributed by atoms with van der Waals surface area (Å²) in [6, 6.07) is 14.3. The largest absolute Gasteiger partial charge is 0.485 e. The van der Waals surface area contributed by atoms with Crippen LogP contribution in [0.1, 0.15) is 17.0 Å². The lowest BCUT2D eigenvalue weighted by Crippen LogP contribution is -2.11. The Kier molecular flexibility index (Phi) is 4.63. The highest BCUT2D eigenvalue weighted by Crippen LogP contribution is 2.23. The number of hydrogen-bond donors (Lipinski definition) is 0. The van der Waals surface area contributed by atoms with Gasteiger partial charge in [0, 0.05) is 13.7 Å². The summed E-state index contributed by atoms with van der Waals surface area (Å²) < 4.78 is 13.4. The first kappa shape index (κ1) is 15.6. The number of nitrogens with zero attached hydrogens (tertiary/aromatic N) is 2. The lowest BCUT2D eigenvalue weighted by atomic mass is 10.1. The molecule has 3 aromatic rings. The van der Waals surface area contributed by atoms with Gasteiger partial charge in [-0.3, -0.25) is 0 Å². The second kappa shape index (κ2) is 6.84. The molecule has 0 bridgehead atoms. The van der Waals surface area contributed by atoms with Gasteiger partial charge in [0.1, 0.15) is 18.2 Å². The average Bonchev–Trinajstić information content (AvgIpc) is 2.92. The van der Waals surface area contributed by atoms with Gasteiger partial charge in [-0.15, -0.1) is 0 Å². The van der Waals surface area contributed by atoms with E-state index in [9.17, 15) is 0 Å². The molecule has 0 aliphatic rings. The Hall–Kier alpha value is -2.33. The number of imidazole rings is 1. The van der Waals surface area contributed by atoms with Crippen LogP contribution in [0.2, 0.25) is 0 Å². The topological polar surface area (TPSA) is 36.3 Å². The number of para-hydroxylation sites is 2. The number of ether oxygens (including phenoxy) is 2. The first-order valence-electron chi connectivity index (χ1n) is 7.83. The first-order chi connectivity index (χ1) is 11.2. The Balaban J connectivity index is 1.88. The number of hydrogen-bond acceptors (Lipinski definition) is 3. The molecule has 2 aromatic carbocycles. The van der Waals surface area contributed by atoms with E-state index in [1.807, 2.05) is 30.3 Å². The molecule has 4 heteroatoms. The van der Waals surface area contributed by atoms with Crippen molar-refractivity contribution in [3.05, 3.63) is 59.4 Å². The summed E-state index contributed by atoms with van der Waals surface area (Å²) >= 11 is 0. The molecule has 0 aliphatic heterocycles. The van der Waals surface area contributed by atoms with Gasteiger partial charge in [0.15, 0.2) is 0 Å². The zero-order valence-corrected chi connectivity index (χ0v) is 13.9. The molecular formula is C19H22N2O2. The molecule has 1 aromatic heterocycles. The van der Waals surface area contributed by atoms with E-state index in [0.717, 1.165) is 29.2 Å². The second-order valence-corrected chi connectivity index (χ2v) is 5.65. The van der Waals surface area contributed by atoms with Crippen molar-refractivity contribution in [2.75, 3.05) is 13.7 Å². The highest BCUT2D eigenvalue weighted by Gasteiger charge is 2.11. The maximum atomic E-state index is 6.03. The van der Waals surface area contributed by atoms with E-state index in [2.05, 4.69) is 30.5 Å². The average molecular weight is 310 g/mol. The third-order valence-corrected chi connectivity index (χ3v) is 4.16. The Bertz CT molecular complexity index is 808. The molecule has 0 amide bonds. The lowest BCUT2D eigenvalue weighted by Gasteiger charge is -2.12. The number of aryl methyl sites for hydroxylation is 1. The smallest absolute Gasteiger partial charge is 0.148 e. The Labute approximate surface area is 136 Å². The third-order valence-electron chi connectivity index (χ3n) is 4.16. The van der Waals surface area contributed by atoms with Gasteiger partial charge in [-0.05, 0) is 43.2 Å². The summed E-state index contributed by atoms with van der Waals surface area (Å²) in [4.78, 5) is 4.72. The third kappa shape index (κ3) is 3.22. The van der Waals surface area contributed by atoms with E-state index in [1.54, 1.807) is 7.11 Å². The van der Waals surface area contributed by atoms with Crippen LogP contribution in [-0.4, -0.2) is 23.3 Å². The molecule has 0 radical (unpaired) electrons. The maximum absolute atomic E-state index is 6.03. The molecule has 0 fully saturated rings. The van der Waals surface area contributed by atoms with Crippen LogP contribution in [0.15, 0.2) is 42.5 Å². The second-order valence-electron chi connectivity index (χ2n) is 5.65. The predicted molar refractivity (Wildman–Crippen MR) is 91.9 cm³/mol. The van der Waals surface area contributed by atoms with Gasteiger partial charge in [0.25, 0.3) is 0 Å². The molecule has 0 N–H and O–H groups in total. The van der Waals surface area contributed by atoms with E-state index in [4.69, 9.17) is 14.5 Å². The summed E-state index contributed by atoms with van der Waals surface area (Å²) in [5, 5.41) is 0. The number of aromatic nitrogens is 2. The van der Waals surface area contributed by atoms with Crippen molar-refractivity contribution < 1.29 is 9.47 Å². The molecule has 1 heterocycles. The van der Waals surface area contributed by atoms with Gasteiger partial charge in [-0.25, -0.2) is 4.98 Å². The van der Waals surface area contributed by atoms with Gasteiger partial charge < -0.3 is 14.0 Å². The van der Waals surface area contributed by atoms with Crippen molar-refractivity contribution in [2.45, 2.75) is 27.0 Å². The van der Waals surface area contributed by atoms with Crippen LogP contribution in [0.25, 0.3) is 11.0 Å². The van der Waals surface area contributed by atoms with Crippen LogP contribution in [0.4, 0.5) is 0 Å². The molecule has 120 valence electrons. The van der Waals surface area contributed by atoms with Crippen molar-refractivity contribution in [3.8, 4) is 5.75 Å². The van der Waals surface area contributed by atoms with Crippen molar-refractivity contribution in [3.63, 3.8) is 0 Å². The SMILES string of the molecule is COCCn1c(COc2cccc(C)c2C)nc2ccccc21. The van der Waals surface area contributed by atoms with E-state index >= 15 is 0 Å². The fourth-order valence-electron chi connectivity index (χ4n) is 2.69. The molecule has 3 rings (SSSR count). The molecular weight excluding hydrogens is 288 g/mol. The zero-order valence-electron chi connectivity index (χ0n) is 13.9. The normalized spacial score (nSPS) is 11.1. The summed E-state index contributed by atoms with van der Waals surface area (Å²) in [6.45, 7) is 6.04. The highest BCUT2D eigenvalue weighted by atomic mass is 16.5. The molecule has 0 aliphatic carbocycles. The van der Waals surface area contributed by atoms with Gasteiger partial charge in [-0.2, -0.15) is 0 Å². The van der Waals surface area contributed by atoms with Gasteiger partial charge in [0.2, 0.25) is 0 Å². The van der Waals surface area contributed by atoms with E-state index in [0.29, 0.717) is 13.2 Å². The Morgan fingerprint density at radius 1 is 1.04 bits per heavy atom. The minimum Gasteiger partial charge on any atom is -0.485 e. The van der Waals surface area contributed by atoms with Crippen LogP contribution < -0.4 is 4.74 Å². The number of benzene rings is 2. The summed E-state index contributed by atoms with van der Waals surface area (Å²) in [6.07, 6.45) is 0. The summed E-state index contributed by atoms with van der Waals surface area (Å²) in [5.41, 5.74) is 4.51. The Morgan fingerprint density at radius 2 is 1.87 bits per heavy atom. The van der Waals surface area contributed by atoms with Crippen molar-refractivity contribution in [1.29, 1.82) is 0 Å². The molecule has 0 unspecified atom stereocenters. The van der Waals surface area contributed by atoms with Crippen LogP contribution in [0.3, 0.4) is 0 Å². The van der Waals surface area contributed by atoms with Crippen LogP contribution in [0.5, 0.6) is 5.75 Å². The van der Waals surface area contributed by atoms with E-state index < -0.39 is 0 Å². The molecule has 4 nitrogen and oxygen atoms in total. The summed E-state index contributed by atoms with van der Waals surface area (Å²) in [7, 11) is 1.71. The van der Waals surface area contributed by atoms with Crippen LogP contribution in [0, 0.1) is 13.8 Å². The molecule has 0 atom stereocenters. The molecule has 0 saturated carbocycles. The van der Waals surface area contributed by atoms with Gasteiger partial charge in [0.05, 0.1) is 17.6 Å². The fraction of sp³-hybridized carbons (Fsp3) is 0.316. The minimum absolute atomic E-state index is 0.447. The highest BCUT2D eigenvalue weighted by molar-refractivity contribution is 5.75. The van der Waals surface area contributed by atoms with Crippen LogP contribution >= 0.6 is 0 Å². The predicted octanol–water partition coefficient (Wildman–Crippen LogP) is 3.88. The van der Waals surface area contributed by atoms with Gasteiger partial charge in [-0.1, -0.05) is 24.3 Å². The van der Waals surface area contributed by atoms with Crippen LogP contribution in [-0.2, 0) is 17.9 Å². The fourth-order valence-corrected chi connectivity index (χ4v) is 2.69. The van der Waals surface area contributed by atoms with Gasteiger partial charge >= 0.3 is 0 Å². The quantitative estimate of drug-likeness (QED) is 0.693. The number of fused-ring (bicyclic) bond motifs is 1. The first-order valence-corrected chi connectivity index (χ1v) is 7.83. The Morgan fingerprint density at radius 3 is 2.70 bits per heavy atom. The van der Waals surface area contributed by atoms with E-state index in [-0.39, 0.29) is 0 Å². The molecule has 0 saturated heterocycles. The van der Waals surface area contributed by atoms with Crippen molar-refractivity contribution >= 4 is 11.0 Å². The number of rotatable bonds is 6. The minimum atomic E-state index is 0.447. The van der Waals surface area contributed by atoms with E-state index in [1.165, 1.54) is 11.1 Å². The monoisotopic (exact) mass is 310 g/mol. The van der Waals surface area contributed by atoms with Crippen molar-refractivity contribution in [2.24, 2.45) is 0 Å². The maximum Gasteiger partial charge on any atom is 0.148 e. The zero-order chi connectivity index (χ0) is 16.2. The standard InChI is InChI=1S/C19H22N2O2/c1-14-7-6-10-18(15(14)2)23-13-19-20-16-8-4-5-9-17(16)21(19)11-12-22-3/h4-10H,11-13H2,1-3H3.